The van der Waals surface area contributed by atoms with Crippen molar-refractivity contribution in [3.05, 3.63) is 36.7 Å². The number of carbonyl (C=O) groups excluding carboxylic acids is 2. The van der Waals surface area contributed by atoms with Gasteiger partial charge in [0.1, 0.15) is 11.9 Å². The number of carbonyl (C=O) groups is 2. The van der Waals surface area contributed by atoms with Crippen LogP contribution in [0.4, 0.5) is 11.6 Å². The molecule has 2 fully saturated rings. The first-order chi connectivity index (χ1) is 14.9. The topological polar surface area (TPSA) is 84.9 Å². The molecular weight excluding hydrogens is 396 g/mol. The van der Waals surface area contributed by atoms with Crippen LogP contribution < -0.4 is 19.3 Å². The van der Waals surface area contributed by atoms with Crippen molar-refractivity contribution in [2.24, 2.45) is 5.41 Å². The van der Waals surface area contributed by atoms with Gasteiger partial charge in [-0.25, -0.2) is 9.88 Å². The van der Waals surface area contributed by atoms with Gasteiger partial charge in [0.25, 0.3) is 0 Å². The van der Waals surface area contributed by atoms with Crippen molar-refractivity contribution in [1.82, 2.24) is 9.97 Å². The predicted octanol–water partition coefficient (Wildman–Crippen LogP) is 3.21. The van der Waals surface area contributed by atoms with Crippen LogP contribution in [0.3, 0.4) is 0 Å². The fraction of sp³-hybridized carbons (Fsp3) is 0.478. The van der Waals surface area contributed by atoms with Gasteiger partial charge in [-0.1, -0.05) is 26.0 Å². The number of nitrogens with zero attached hydrogens (tertiary/aromatic N) is 4. The summed E-state index contributed by atoms with van der Waals surface area (Å²) >= 11 is 0. The molecule has 8 heteroatoms. The first-order valence-corrected chi connectivity index (χ1v) is 10.7. The van der Waals surface area contributed by atoms with Crippen molar-refractivity contribution < 1.29 is 19.1 Å². The van der Waals surface area contributed by atoms with E-state index in [0.717, 1.165) is 35.8 Å². The summed E-state index contributed by atoms with van der Waals surface area (Å²) in [7, 11) is 0. The van der Waals surface area contributed by atoms with Crippen LogP contribution >= 0.6 is 0 Å². The van der Waals surface area contributed by atoms with E-state index in [2.05, 4.69) is 14.9 Å². The Kier molecular flexibility index (Phi) is 5.80. The van der Waals surface area contributed by atoms with Crippen LogP contribution in [0, 0.1) is 5.41 Å². The average molecular weight is 425 g/mol. The summed E-state index contributed by atoms with van der Waals surface area (Å²) in [6.07, 6.45) is 5.13. The lowest BCUT2D eigenvalue weighted by atomic mass is 9.92. The lowest BCUT2D eigenvalue weighted by Crippen LogP contribution is -2.42. The number of benzene rings is 1. The predicted molar refractivity (Wildman–Crippen MR) is 116 cm³/mol. The van der Waals surface area contributed by atoms with Gasteiger partial charge in [0, 0.05) is 13.0 Å². The maximum Gasteiger partial charge on any atom is 0.241 e. The molecule has 3 heterocycles. The molecule has 2 aliphatic heterocycles. The molecule has 4 rings (SSSR count). The molecule has 1 aromatic heterocycles. The molecule has 2 aliphatic rings. The Morgan fingerprint density at radius 1 is 1.13 bits per heavy atom. The molecule has 2 amide bonds. The van der Waals surface area contributed by atoms with Crippen molar-refractivity contribution >= 4 is 23.5 Å². The normalized spacial score (nSPS) is 20.8. The highest BCUT2D eigenvalue weighted by Crippen LogP contribution is 2.35. The van der Waals surface area contributed by atoms with Crippen LogP contribution in [0.5, 0.6) is 11.5 Å². The second kappa shape index (κ2) is 8.53. The van der Waals surface area contributed by atoms with E-state index in [0.29, 0.717) is 19.0 Å². The van der Waals surface area contributed by atoms with Gasteiger partial charge < -0.3 is 14.4 Å². The van der Waals surface area contributed by atoms with Crippen molar-refractivity contribution in [2.45, 2.75) is 46.1 Å². The summed E-state index contributed by atoms with van der Waals surface area (Å²) < 4.78 is 11.9. The number of aromatic nitrogens is 2. The van der Waals surface area contributed by atoms with Gasteiger partial charge in [-0.15, -0.1) is 0 Å². The lowest BCUT2D eigenvalue weighted by Gasteiger charge is -2.34. The molecule has 1 atom stereocenters. The van der Waals surface area contributed by atoms with Crippen LogP contribution in [-0.4, -0.2) is 47.6 Å². The zero-order valence-electron chi connectivity index (χ0n) is 18.2. The summed E-state index contributed by atoms with van der Waals surface area (Å²) in [5.41, 5.74) is -0.715. The number of imide groups is 1. The summed E-state index contributed by atoms with van der Waals surface area (Å²) in [6, 6.07) is 7.67. The molecule has 164 valence electrons. The minimum Gasteiger partial charge on any atom is -0.490 e. The molecular formula is C23H28N4O4. The first kappa shape index (κ1) is 21.1. The Morgan fingerprint density at radius 3 is 2.58 bits per heavy atom. The average Bonchev–Trinajstić information content (AvgIpc) is 2.96. The Morgan fingerprint density at radius 2 is 1.87 bits per heavy atom. The molecule has 1 unspecified atom stereocenters. The van der Waals surface area contributed by atoms with E-state index in [-0.39, 0.29) is 30.2 Å². The van der Waals surface area contributed by atoms with E-state index in [9.17, 15) is 9.59 Å². The van der Waals surface area contributed by atoms with E-state index >= 15 is 0 Å². The van der Waals surface area contributed by atoms with Gasteiger partial charge in [0.05, 0.1) is 31.0 Å². The third kappa shape index (κ3) is 4.33. The van der Waals surface area contributed by atoms with E-state index < -0.39 is 5.41 Å². The quantitative estimate of drug-likeness (QED) is 0.658. The molecule has 0 spiro atoms. The number of hydrogen-bond donors (Lipinski definition) is 0. The number of amides is 2. The van der Waals surface area contributed by atoms with Crippen LogP contribution in [0.2, 0.25) is 0 Å². The highest BCUT2D eigenvalue weighted by Gasteiger charge is 2.46. The Hall–Kier alpha value is -3.16. The van der Waals surface area contributed by atoms with Crippen LogP contribution in [0.25, 0.3) is 0 Å². The van der Waals surface area contributed by atoms with E-state index in [1.165, 1.54) is 6.20 Å². The number of ether oxygens (including phenoxy) is 2. The smallest absolute Gasteiger partial charge is 0.241 e. The fourth-order valence-corrected chi connectivity index (χ4v) is 4.03. The molecule has 1 aromatic carbocycles. The summed E-state index contributed by atoms with van der Waals surface area (Å²) in [6.45, 7) is 7.50. The second-order valence-corrected chi connectivity index (χ2v) is 8.54. The molecule has 0 saturated carbocycles. The molecule has 0 bridgehead atoms. The number of para-hydroxylation sites is 2. The molecule has 0 aliphatic carbocycles. The first-order valence-electron chi connectivity index (χ1n) is 10.7. The highest BCUT2D eigenvalue weighted by molar-refractivity contribution is 6.21. The highest BCUT2D eigenvalue weighted by atomic mass is 16.5. The van der Waals surface area contributed by atoms with Crippen LogP contribution in [-0.2, 0) is 9.59 Å². The Bertz CT molecular complexity index is 978. The van der Waals surface area contributed by atoms with Crippen LogP contribution in [0.15, 0.2) is 36.7 Å². The third-order valence-corrected chi connectivity index (χ3v) is 5.61. The number of anilines is 2. The summed E-state index contributed by atoms with van der Waals surface area (Å²) in [5, 5.41) is 0. The molecule has 0 radical (unpaired) electrons. The van der Waals surface area contributed by atoms with Gasteiger partial charge in [-0.05, 0) is 31.9 Å². The van der Waals surface area contributed by atoms with Crippen molar-refractivity contribution in [2.75, 3.05) is 29.5 Å². The number of hydrogen-bond acceptors (Lipinski definition) is 7. The molecule has 31 heavy (non-hydrogen) atoms. The molecule has 2 saturated heterocycles. The fourth-order valence-electron chi connectivity index (χ4n) is 4.03. The molecule has 8 nitrogen and oxygen atoms in total. The maximum atomic E-state index is 12.7. The van der Waals surface area contributed by atoms with Crippen LogP contribution in [0.1, 0.15) is 40.0 Å². The SMILES string of the molecule is CCOc1ccccc1OC1CCCN(c2cncc(N3C(=O)CC(C)(C)C3=O)n2)C1. The van der Waals surface area contributed by atoms with Gasteiger partial charge in [-0.2, -0.15) is 0 Å². The molecule has 0 N–H and O–H groups in total. The van der Waals surface area contributed by atoms with E-state index in [1.54, 1.807) is 20.0 Å². The van der Waals surface area contributed by atoms with E-state index in [4.69, 9.17) is 9.47 Å². The van der Waals surface area contributed by atoms with Gasteiger partial charge in [-0.3, -0.25) is 14.6 Å². The molecule has 2 aromatic rings. The third-order valence-electron chi connectivity index (χ3n) is 5.61. The maximum absolute atomic E-state index is 12.7. The summed E-state index contributed by atoms with van der Waals surface area (Å²) in [4.78, 5) is 37.2. The minimum absolute atomic E-state index is 0.0326. The zero-order chi connectivity index (χ0) is 22.0. The van der Waals surface area contributed by atoms with Crippen molar-refractivity contribution in [3.8, 4) is 11.5 Å². The van der Waals surface area contributed by atoms with E-state index in [1.807, 2.05) is 31.2 Å². The largest absolute Gasteiger partial charge is 0.490 e. The van der Waals surface area contributed by atoms with Gasteiger partial charge in [0.2, 0.25) is 11.8 Å². The van der Waals surface area contributed by atoms with Gasteiger partial charge in [0.15, 0.2) is 17.3 Å². The second-order valence-electron chi connectivity index (χ2n) is 8.54. The van der Waals surface area contributed by atoms with Gasteiger partial charge >= 0.3 is 0 Å². The summed E-state index contributed by atoms with van der Waals surface area (Å²) in [5.74, 6) is 1.89. The Labute approximate surface area is 182 Å². The van der Waals surface area contributed by atoms with Crippen molar-refractivity contribution in [3.63, 3.8) is 0 Å². The standard InChI is InChI=1S/C23H28N4O4/c1-4-30-17-9-5-6-10-18(17)31-16-8-7-11-26(15-16)19-13-24-14-20(25-19)27-21(28)12-23(2,3)22(27)29/h5-6,9-10,13-14,16H,4,7-8,11-12,15H2,1-3H3. The Balaban J connectivity index is 1.50. The lowest BCUT2D eigenvalue weighted by molar-refractivity contribution is -0.124. The minimum atomic E-state index is -0.715. The monoisotopic (exact) mass is 424 g/mol. The number of piperidine rings is 1. The van der Waals surface area contributed by atoms with Crippen molar-refractivity contribution in [1.29, 1.82) is 0 Å². The number of rotatable bonds is 6. The zero-order valence-corrected chi connectivity index (χ0v) is 18.2.